The Morgan fingerprint density at radius 1 is 1.56 bits per heavy atom. The molecule has 1 heterocycles. The lowest BCUT2D eigenvalue weighted by Crippen LogP contribution is -1.86. The van der Waals surface area contributed by atoms with Crippen LogP contribution in [0.2, 0.25) is 0 Å². The molecule has 0 bridgehead atoms. The van der Waals surface area contributed by atoms with Crippen LogP contribution >= 0.6 is 0 Å². The van der Waals surface area contributed by atoms with Crippen molar-refractivity contribution >= 4 is 0 Å². The predicted octanol–water partition coefficient (Wildman–Crippen LogP) is 0.854. The SMILES string of the molecule is CC1CCc2n[nH]nc21. The molecule has 0 radical (unpaired) electrons. The quantitative estimate of drug-likeness (QED) is 0.555. The van der Waals surface area contributed by atoms with Crippen molar-refractivity contribution < 1.29 is 0 Å². The number of aryl methyl sites for hydroxylation is 1. The van der Waals surface area contributed by atoms with Gasteiger partial charge in [0.25, 0.3) is 0 Å². The number of aromatic nitrogens is 3. The van der Waals surface area contributed by atoms with Crippen LogP contribution in [0.4, 0.5) is 0 Å². The van der Waals surface area contributed by atoms with Crippen LogP contribution in [0, 0.1) is 0 Å². The minimum atomic E-state index is 0.624. The third kappa shape index (κ3) is 0.573. The lowest BCUT2D eigenvalue weighted by atomic mass is 10.1. The highest BCUT2D eigenvalue weighted by Gasteiger charge is 2.21. The third-order valence-corrected chi connectivity index (χ3v) is 1.93. The third-order valence-electron chi connectivity index (χ3n) is 1.93. The molecule has 1 aliphatic rings. The monoisotopic (exact) mass is 123 g/mol. The van der Waals surface area contributed by atoms with E-state index in [0.29, 0.717) is 5.92 Å². The van der Waals surface area contributed by atoms with Crippen LogP contribution in [0.5, 0.6) is 0 Å². The lowest BCUT2D eigenvalue weighted by Gasteiger charge is -1.93. The van der Waals surface area contributed by atoms with E-state index >= 15 is 0 Å². The summed E-state index contributed by atoms with van der Waals surface area (Å²) >= 11 is 0. The van der Waals surface area contributed by atoms with E-state index in [9.17, 15) is 0 Å². The Kier molecular flexibility index (Phi) is 0.860. The van der Waals surface area contributed by atoms with Crippen molar-refractivity contribution in [3.63, 3.8) is 0 Å². The molecular weight excluding hydrogens is 114 g/mol. The van der Waals surface area contributed by atoms with E-state index in [0.717, 1.165) is 6.42 Å². The summed E-state index contributed by atoms with van der Waals surface area (Å²) < 4.78 is 0. The second-order valence-corrected chi connectivity index (χ2v) is 2.60. The van der Waals surface area contributed by atoms with Crippen LogP contribution < -0.4 is 0 Å². The summed E-state index contributed by atoms with van der Waals surface area (Å²) in [4.78, 5) is 0. The summed E-state index contributed by atoms with van der Waals surface area (Å²) in [6, 6.07) is 0. The second-order valence-electron chi connectivity index (χ2n) is 2.60. The average molecular weight is 123 g/mol. The number of nitrogens with zero attached hydrogens (tertiary/aromatic N) is 2. The summed E-state index contributed by atoms with van der Waals surface area (Å²) in [7, 11) is 0. The van der Waals surface area contributed by atoms with Crippen LogP contribution in [-0.2, 0) is 6.42 Å². The average Bonchev–Trinajstić information content (AvgIpc) is 2.35. The molecule has 0 aliphatic heterocycles. The van der Waals surface area contributed by atoms with Gasteiger partial charge in [-0.2, -0.15) is 15.4 Å². The van der Waals surface area contributed by atoms with E-state index < -0.39 is 0 Å². The van der Waals surface area contributed by atoms with Crippen molar-refractivity contribution in [3.05, 3.63) is 11.4 Å². The molecule has 0 saturated heterocycles. The van der Waals surface area contributed by atoms with Crippen molar-refractivity contribution in [1.29, 1.82) is 0 Å². The van der Waals surface area contributed by atoms with Crippen LogP contribution in [0.15, 0.2) is 0 Å². The fraction of sp³-hybridized carbons (Fsp3) is 0.667. The molecule has 0 spiro atoms. The smallest absolute Gasteiger partial charge is 0.0884 e. The van der Waals surface area contributed by atoms with Gasteiger partial charge in [-0.05, 0) is 12.8 Å². The van der Waals surface area contributed by atoms with E-state index in [2.05, 4.69) is 22.3 Å². The van der Waals surface area contributed by atoms with Gasteiger partial charge < -0.3 is 0 Å². The molecule has 1 aromatic rings. The fourth-order valence-corrected chi connectivity index (χ4v) is 1.33. The molecule has 48 valence electrons. The zero-order valence-electron chi connectivity index (χ0n) is 5.39. The van der Waals surface area contributed by atoms with Gasteiger partial charge in [-0.15, -0.1) is 0 Å². The van der Waals surface area contributed by atoms with Crippen LogP contribution in [-0.4, -0.2) is 15.4 Å². The van der Waals surface area contributed by atoms with Crippen molar-refractivity contribution in [2.24, 2.45) is 0 Å². The zero-order valence-corrected chi connectivity index (χ0v) is 5.39. The number of rotatable bonds is 0. The Morgan fingerprint density at radius 3 is 3.22 bits per heavy atom. The van der Waals surface area contributed by atoms with Crippen LogP contribution in [0.1, 0.15) is 30.7 Å². The minimum absolute atomic E-state index is 0.624. The number of H-pyrrole nitrogens is 1. The van der Waals surface area contributed by atoms with Gasteiger partial charge in [0.2, 0.25) is 0 Å². The largest absolute Gasteiger partial charge is 0.197 e. The first kappa shape index (κ1) is 4.97. The molecular formula is C6H9N3. The van der Waals surface area contributed by atoms with Gasteiger partial charge in [-0.1, -0.05) is 6.92 Å². The van der Waals surface area contributed by atoms with E-state index in [-0.39, 0.29) is 0 Å². The van der Waals surface area contributed by atoms with Crippen molar-refractivity contribution in [1.82, 2.24) is 15.4 Å². The van der Waals surface area contributed by atoms with E-state index in [4.69, 9.17) is 0 Å². The fourth-order valence-electron chi connectivity index (χ4n) is 1.33. The Bertz CT molecular complexity index is 216. The Labute approximate surface area is 53.5 Å². The van der Waals surface area contributed by atoms with Gasteiger partial charge in [-0.25, -0.2) is 0 Å². The summed E-state index contributed by atoms with van der Waals surface area (Å²) in [5.74, 6) is 0.624. The molecule has 1 unspecified atom stereocenters. The Morgan fingerprint density at radius 2 is 2.44 bits per heavy atom. The summed E-state index contributed by atoms with van der Waals surface area (Å²) in [6.45, 7) is 2.19. The van der Waals surface area contributed by atoms with Crippen molar-refractivity contribution in [2.45, 2.75) is 25.7 Å². The molecule has 3 heteroatoms. The maximum absolute atomic E-state index is 4.04. The second kappa shape index (κ2) is 1.56. The molecule has 1 atom stereocenters. The van der Waals surface area contributed by atoms with Gasteiger partial charge >= 0.3 is 0 Å². The van der Waals surface area contributed by atoms with Gasteiger partial charge in [0.1, 0.15) is 0 Å². The van der Waals surface area contributed by atoms with Crippen LogP contribution in [0.25, 0.3) is 0 Å². The zero-order chi connectivity index (χ0) is 6.27. The molecule has 0 aromatic carbocycles. The van der Waals surface area contributed by atoms with Crippen molar-refractivity contribution in [3.8, 4) is 0 Å². The molecule has 2 rings (SSSR count). The normalized spacial score (nSPS) is 24.3. The minimum Gasteiger partial charge on any atom is -0.197 e. The summed E-state index contributed by atoms with van der Waals surface area (Å²) in [5, 5.41) is 10.7. The highest BCUT2D eigenvalue weighted by Crippen LogP contribution is 2.28. The Balaban J connectivity index is 2.49. The summed E-state index contributed by atoms with van der Waals surface area (Å²) in [6.07, 6.45) is 2.33. The standard InChI is InChI=1S/C6H9N3/c1-4-2-3-5-6(4)8-9-7-5/h4H,2-3H2,1H3,(H,7,8,9). The number of fused-ring (bicyclic) bond motifs is 1. The van der Waals surface area contributed by atoms with Gasteiger partial charge in [-0.3, -0.25) is 0 Å². The highest BCUT2D eigenvalue weighted by molar-refractivity contribution is 5.19. The lowest BCUT2D eigenvalue weighted by molar-refractivity contribution is 0.700. The first-order chi connectivity index (χ1) is 4.38. The number of aromatic amines is 1. The predicted molar refractivity (Wildman–Crippen MR) is 33.1 cm³/mol. The Hall–Kier alpha value is -0.860. The van der Waals surface area contributed by atoms with E-state index in [1.54, 1.807) is 0 Å². The maximum Gasteiger partial charge on any atom is 0.0884 e. The summed E-state index contributed by atoms with van der Waals surface area (Å²) in [5.41, 5.74) is 2.34. The maximum atomic E-state index is 4.04. The first-order valence-electron chi connectivity index (χ1n) is 3.27. The highest BCUT2D eigenvalue weighted by atomic mass is 15.3. The van der Waals surface area contributed by atoms with Crippen molar-refractivity contribution in [2.75, 3.05) is 0 Å². The molecule has 1 aliphatic carbocycles. The van der Waals surface area contributed by atoms with Gasteiger partial charge in [0.05, 0.1) is 11.4 Å². The van der Waals surface area contributed by atoms with E-state index in [1.165, 1.54) is 17.8 Å². The van der Waals surface area contributed by atoms with E-state index in [1.807, 2.05) is 0 Å². The van der Waals surface area contributed by atoms with Crippen LogP contribution in [0.3, 0.4) is 0 Å². The molecule has 3 nitrogen and oxygen atoms in total. The number of nitrogens with one attached hydrogen (secondary N) is 1. The molecule has 0 saturated carbocycles. The number of hydrogen-bond donors (Lipinski definition) is 1. The molecule has 1 N–H and O–H groups in total. The molecule has 1 aromatic heterocycles. The topological polar surface area (TPSA) is 41.6 Å². The number of hydrogen-bond acceptors (Lipinski definition) is 2. The van der Waals surface area contributed by atoms with Gasteiger partial charge in [0, 0.05) is 5.92 Å². The molecule has 0 amide bonds. The van der Waals surface area contributed by atoms with Gasteiger partial charge in [0.15, 0.2) is 0 Å². The molecule has 0 fully saturated rings. The molecule has 9 heavy (non-hydrogen) atoms. The first-order valence-corrected chi connectivity index (χ1v) is 3.27.